The van der Waals surface area contributed by atoms with Crippen molar-refractivity contribution in [1.29, 1.82) is 0 Å². The second-order valence-corrected chi connectivity index (χ2v) is 3.68. The van der Waals surface area contributed by atoms with Gasteiger partial charge in [-0.1, -0.05) is 0 Å². The molecule has 62 valence electrons. The average Bonchev–Trinajstić information content (AvgIpc) is 2.32. The van der Waals surface area contributed by atoms with E-state index in [2.05, 4.69) is 4.74 Å². The van der Waals surface area contributed by atoms with Gasteiger partial charge in [-0.2, -0.15) is 0 Å². The van der Waals surface area contributed by atoms with E-state index >= 15 is 0 Å². The summed E-state index contributed by atoms with van der Waals surface area (Å²) in [6.07, 6.45) is -1.99. The molecule has 1 aliphatic rings. The fourth-order valence-corrected chi connectivity index (χ4v) is 1.72. The van der Waals surface area contributed by atoms with Gasteiger partial charge in [0, 0.05) is 0 Å². The van der Waals surface area contributed by atoms with Gasteiger partial charge in [-0.3, -0.25) is 0 Å². The van der Waals surface area contributed by atoms with Gasteiger partial charge >= 0.3 is 86.1 Å². The molecule has 0 aromatic carbocycles. The van der Waals surface area contributed by atoms with Gasteiger partial charge in [0.25, 0.3) is 0 Å². The van der Waals surface area contributed by atoms with Crippen molar-refractivity contribution < 1.29 is 24.9 Å². The van der Waals surface area contributed by atoms with E-state index in [1.165, 1.54) is 0 Å². The Balaban J connectivity index is 2.80. The van der Waals surface area contributed by atoms with Crippen LogP contribution in [0, 0.1) is 0 Å². The Labute approximate surface area is 86.1 Å². The topological polar surface area (TPSA) is 87.0 Å². The number of carbonyl (C=O) groups is 1. The van der Waals surface area contributed by atoms with Gasteiger partial charge in [-0.25, -0.2) is 0 Å². The SMILES string of the molecule is O=C1O[C@H]([C@@H](O)CO)[C]([Na])=C1O. The van der Waals surface area contributed by atoms with Gasteiger partial charge in [0.05, 0.1) is 0 Å². The summed E-state index contributed by atoms with van der Waals surface area (Å²) in [5.74, 6) is -1.24. The van der Waals surface area contributed by atoms with Crippen LogP contribution in [0.5, 0.6) is 0 Å². The molecule has 0 unspecified atom stereocenters. The van der Waals surface area contributed by atoms with E-state index in [0.717, 1.165) is 0 Å². The minimum absolute atomic E-state index is 0.390. The van der Waals surface area contributed by atoms with Crippen LogP contribution in [0.1, 0.15) is 0 Å². The Hall–Kier alpha value is -0.0700. The summed E-state index contributed by atoms with van der Waals surface area (Å²) in [7, 11) is 0. The summed E-state index contributed by atoms with van der Waals surface area (Å²) in [6, 6.07) is 0. The second kappa shape index (κ2) is 3.76. The van der Waals surface area contributed by atoms with E-state index in [1.54, 1.807) is 0 Å². The van der Waals surface area contributed by atoms with Gasteiger partial charge in [-0.15, -0.1) is 0 Å². The Kier molecular flexibility index (Phi) is 3.14. The summed E-state index contributed by atoms with van der Waals surface area (Å²) in [4.78, 5) is 10.7. The van der Waals surface area contributed by atoms with Crippen LogP contribution in [0.25, 0.3) is 0 Å². The number of esters is 1. The minimum atomic E-state index is -1.13. The number of hydrogen-bond acceptors (Lipinski definition) is 5. The fraction of sp³-hybridized carbons (Fsp3) is 0.500. The normalized spacial score (nSPS) is 26.0. The van der Waals surface area contributed by atoms with Crippen LogP contribution in [-0.2, 0) is 9.53 Å². The van der Waals surface area contributed by atoms with Crippen LogP contribution in [-0.4, -0.2) is 68.0 Å². The first-order chi connectivity index (χ1) is 5.57. The second-order valence-electron chi connectivity index (χ2n) is 2.61. The Bertz CT molecular complexity index is 236. The van der Waals surface area contributed by atoms with Crippen molar-refractivity contribution in [3.05, 3.63) is 8.58 Å². The number of ether oxygens (including phenoxy) is 1. The van der Waals surface area contributed by atoms with Crippen molar-refractivity contribution in [3.8, 4) is 0 Å². The maximum atomic E-state index is 10.7. The first kappa shape index (κ1) is 10.0. The summed E-state index contributed by atoms with van der Waals surface area (Å²) < 4.78 is 4.99. The first-order valence-electron chi connectivity index (χ1n) is 3.47. The van der Waals surface area contributed by atoms with Crippen LogP contribution in [0.4, 0.5) is 0 Å². The van der Waals surface area contributed by atoms with Crippen molar-refractivity contribution in [3.63, 3.8) is 0 Å². The van der Waals surface area contributed by atoms with Gasteiger partial charge in [0.15, 0.2) is 0 Å². The summed E-state index contributed by atoms with van der Waals surface area (Å²) in [5, 5.41) is 26.7. The van der Waals surface area contributed by atoms with E-state index in [-0.39, 0.29) is 0 Å². The standard InChI is InChI=1S/C6H7O5.Na/c7-2-4(9)5-1-3(8)6(10)11-5;/h4-5,7-9H,2H2;/t4-,5-;/m0./s1. The van der Waals surface area contributed by atoms with Crippen LogP contribution in [0.15, 0.2) is 8.58 Å². The van der Waals surface area contributed by atoms with Gasteiger partial charge < -0.3 is 0 Å². The molecule has 0 spiro atoms. The van der Waals surface area contributed by atoms with E-state index < -0.39 is 30.5 Å². The molecule has 1 rings (SSSR count). The molecule has 2 atom stereocenters. The van der Waals surface area contributed by atoms with Crippen LogP contribution in [0.2, 0.25) is 0 Å². The molecule has 0 saturated heterocycles. The van der Waals surface area contributed by atoms with E-state index in [0.29, 0.717) is 30.8 Å². The number of rotatable bonds is 2. The molecule has 12 heavy (non-hydrogen) atoms. The van der Waals surface area contributed by atoms with Crippen molar-refractivity contribution in [2.45, 2.75) is 12.2 Å². The zero-order valence-electron chi connectivity index (χ0n) is 6.52. The van der Waals surface area contributed by atoms with E-state index in [4.69, 9.17) is 15.3 Å². The van der Waals surface area contributed by atoms with Crippen LogP contribution in [0.3, 0.4) is 0 Å². The van der Waals surface area contributed by atoms with Crippen molar-refractivity contribution in [2.24, 2.45) is 0 Å². The zero-order chi connectivity index (χ0) is 9.30. The molecule has 0 aliphatic carbocycles. The van der Waals surface area contributed by atoms with Crippen LogP contribution < -0.4 is 0 Å². The summed E-state index contributed by atoms with van der Waals surface area (Å²) in [6.45, 7) is -0.489. The summed E-state index contributed by atoms with van der Waals surface area (Å²) >= 11 is 0.423. The first-order valence-corrected chi connectivity index (χ1v) is 4.47. The number of aliphatic hydroxyl groups excluding tert-OH is 3. The average molecular weight is 182 g/mol. The molecule has 0 fully saturated rings. The van der Waals surface area contributed by atoms with Crippen molar-refractivity contribution in [1.82, 2.24) is 0 Å². The number of carbonyl (C=O) groups excluding carboxylic acids is 1. The maximum absolute atomic E-state index is 10.7. The predicted molar refractivity (Wildman–Crippen MR) is 38.4 cm³/mol. The molecule has 1 heterocycles. The third kappa shape index (κ3) is 1.65. The molecule has 0 bridgehead atoms. The number of cyclic esters (lactones) is 1. The molecule has 6 heteroatoms. The molecule has 0 saturated carbocycles. The number of hydrogen-bond donors (Lipinski definition) is 3. The van der Waals surface area contributed by atoms with Gasteiger partial charge in [0.2, 0.25) is 0 Å². The Morgan fingerprint density at radius 3 is 2.58 bits per heavy atom. The molecule has 5 nitrogen and oxygen atoms in total. The number of aliphatic hydroxyl groups is 3. The molecule has 0 amide bonds. The van der Waals surface area contributed by atoms with E-state index in [1.807, 2.05) is 0 Å². The van der Waals surface area contributed by atoms with Crippen molar-refractivity contribution in [2.75, 3.05) is 6.61 Å². The van der Waals surface area contributed by atoms with E-state index in [9.17, 15) is 4.79 Å². The summed E-state index contributed by atoms with van der Waals surface area (Å²) in [5.41, 5.74) is 0. The molecule has 0 radical (unpaired) electrons. The van der Waals surface area contributed by atoms with Crippen LogP contribution >= 0.6 is 0 Å². The molecule has 0 aromatic heterocycles. The van der Waals surface area contributed by atoms with Gasteiger partial charge in [-0.05, 0) is 0 Å². The monoisotopic (exact) mass is 182 g/mol. The molecule has 0 aromatic rings. The third-order valence-electron chi connectivity index (χ3n) is 1.76. The molecule has 3 N–H and O–H groups in total. The zero-order valence-corrected chi connectivity index (χ0v) is 8.52. The molecular formula is C6H7NaO5. The molecule has 1 aliphatic heterocycles. The molecular weight excluding hydrogens is 175 g/mol. The Morgan fingerprint density at radius 1 is 1.67 bits per heavy atom. The predicted octanol–water partition coefficient (Wildman–Crippen LogP) is -1.80. The quantitative estimate of drug-likeness (QED) is 0.346. The fourth-order valence-electron chi connectivity index (χ4n) is 1.02. The van der Waals surface area contributed by atoms with Gasteiger partial charge in [0.1, 0.15) is 0 Å². The third-order valence-corrected chi connectivity index (χ3v) is 2.81. The van der Waals surface area contributed by atoms with Crippen molar-refractivity contribution >= 4 is 33.9 Å². The Morgan fingerprint density at radius 2 is 2.25 bits per heavy atom.